The summed E-state index contributed by atoms with van der Waals surface area (Å²) in [6, 6.07) is 1.52. The van der Waals surface area contributed by atoms with Gasteiger partial charge in [0.05, 0.1) is 18.5 Å². The van der Waals surface area contributed by atoms with E-state index >= 15 is 0 Å². The number of anilines is 1. The Morgan fingerprint density at radius 2 is 2.06 bits per heavy atom. The first-order valence-corrected chi connectivity index (χ1v) is 5.25. The van der Waals surface area contributed by atoms with Crippen LogP contribution in [-0.4, -0.2) is 36.0 Å². The van der Waals surface area contributed by atoms with Crippen LogP contribution in [0.4, 0.5) is 18.9 Å². The Morgan fingerprint density at radius 1 is 1.38 bits per heavy atom. The lowest BCUT2D eigenvalue weighted by Gasteiger charge is -2.24. The first-order valence-electron chi connectivity index (χ1n) is 4.45. The van der Waals surface area contributed by atoms with E-state index in [1.807, 2.05) is 0 Å². The van der Waals surface area contributed by atoms with Crippen molar-refractivity contribution < 1.29 is 18.3 Å². The average Bonchev–Trinajstić information content (AvgIpc) is 2.15. The number of hydrogen-bond acceptors (Lipinski definition) is 3. The molecule has 16 heavy (non-hydrogen) atoms. The van der Waals surface area contributed by atoms with Gasteiger partial charge in [0.25, 0.3) is 0 Å². The van der Waals surface area contributed by atoms with Crippen molar-refractivity contribution in [3.63, 3.8) is 0 Å². The molecule has 0 aliphatic heterocycles. The van der Waals surface area contributed by atoms with E-state index in [-0.39, 0.29) is 13.2 Å². The van der Waals surface area contributed by atoms with Gasteiger partial charge in [0.15, 0.2) is 0 Å². The predicted molar refractivity (Wildman–Crippen MR) is 57.3 cm³/mol. The fraction of sp³-hybridized carbons (Fsp3) is 0.444. The summed E-state index contributed by atoms with van der Waals surface area (Å²) in [5, 5.41) is 8.72. The van der Waals surface area contributed by atoms with Crippen LogP contribution in [0.3, 0.4) is 0 Å². The monoisotopic (exact) mass is 298 g/mol. The number of nitrogens with zero attached hydrogens (tertiary/aromatic N) is 2. The molecular formula is C9H10BrF3N2O. The van der Waals surface area contributed by atoms with Crippen molar-refractivity contribution in [3.05, 3.63) is 22.9 Å². The third kappa shape index (κ3) is 4.36. The molecule has 0 unspecified atom stereocenters. The lowest BCUT2D eigenvalue weighted by molar-refractivity contribution is -0.119. The molecule has 0 spiro atoms. The molecule has 3 nitrogen and oxygen atoms in total. The SMILES string of the molecule is OCCN(CC(F)(F)F)c1cncc(Br)c1. The molecule has 1 rings (SSSR count). The maximum Gasteiger partial charge on any atom is 0.405 e. The minimum Gasteiger partial charge on any atom is -0.395 e. The van der Waals surface area contributed by atoms with Crippen LogP contribution in [0.1, 0.15) is 0 Å². The van der Waals surface area contributed by atoms with Crippen molar-refractivity contribution in [1.29, 1.82) is 0 Å². The van der Waals surface area contributed by atoms with Gasteiger partial charge in [0, 0.05) is 17.2 Å². The van der Waals surface area contributed by atoms with E-state index in [1.54, 1.807) is 0 Å². The summed E-state index contributed by atoms with van der Waals surface area (Å²) in [6.45, 7) is -1.54. The highest BCUT2D eigenvalue weighted by molar-refractivity contribution is 9.10. The third-order valence-electron chi connectivity index (χ3n) is 1.80. The van der Waals surface area contributed by atoms with Crippen LogP contribution in [0.2, 0.25) is 0 Å². The zero-order chi connectivity index (χ0) is 12.2. The Balaban J connectivity index is 2.85. The van der Waals surface area contributed by atoms with E-state index in [2.05, 4.69) is 20.9 Å². The molecule has 90 valence electrons. The molecule has 1 aromatic heterocycles. The molecule has 0 bridgehead atoms. The second kappa shape index (κ2) is 5.49. The van der Waals surface area contributed by atoms with Crippen LogP contribution in [0.25, 0.3) is 0 Å². The van der Waals surface area contributed by atoms with Crippen molar-refractivity contribution in [2.45, 2.75) is 6.18 Å². The lowest BCUT2D eigenvalue weighted by Crippen LogP contribution is -2.36. The highest BCUT2D eigenvalue weighted by atomic mass is 79.9. The number of halogens is 4. The largest absolute Gasteiger partial charge is 0.405 e. The standard InChI is InChI=1S/C9H10BrF3N2O/c10-7-3-8(5-14-4-7)15(1-2-16)6-9(11,12)13/h3-5,16H,1-2,6H2. The molecule has 0 radical (unpaired) electrons. The Labute approximate surface area is 99.0 Å². The summed E-state index contributed by atoms with van der Waals surface area (Å²) in [4.78, 5) is 4.81. The van der Waals surface area contributed by atoms with Crippen molar-refractivity contribution >= 4 is 21.6 Å². The first-order chi connectivity index (χ1) is 7.42. The van der Waals surface area contributed by atoms with Gasteiger partial charge in [-0.25, -0.2) is 0 Å². The minimum absolute atomic E-state index is 0.0857. The Morgan fingerprint density at radius 3 is 2.56 bits per heavy atom. The smallest absolute Gasteiger partial charge is 0.395 e. The van der Waals surface area contributed by atoms with Crippen molar-refractivity contribution in [2.75, 3.05) is 24.6 Å². The summed E-state index contributed by atoms with van der Waals surface area (Å²) in [7, 11) is 0. The van der Waals surface area contributed by atoms with Gasteiger partial charge in [0.1, 0.15) is 6.54 Å². The number of hydrogen-bond donors (Lipinski definition) is 1. The number of pyridine rings is 1. The number of aromatic nitrogens is 1. The summed E-state index contributed by atoms with van der Waals surface area (Å²) in [5.41, 5.74) is 0.320. The topological polar surface area (TPSA) is 36.4 Å². The zero-order valence-electron chi connectivity index (χ0n) is 8.21. The lowest BCUT2D eigenvalue weighted by atomic mass is 10.3. The van der Waals surface area contributed by atoms with Gasteiger partial charge >= 0.3 is 6.18 Å². The molecule has 0 amide bonds. The van der Waals surface area contributed by atoms with Crippen molar-refractivity contribution in [3.8, 4) is 0 Å². The third-order valence-corrected chi connectivity index (χ3v) is 2.23. The van der Waals surface area contributed by atoms with E-state index in [1.165, 1.54) is 18.5 Å². The molecule has 1 heterocycles. The zero-order valence-corrected chi connectivity index (χ0v) is 9.79. The normalized spacial score (nSPS) is 11.6. The van der Waals surface area contributed by atoms with Crippen LogP contribution in [0.15, 0.2) is 22.9 Å². The van der Waals surface area contributed by atoms with Gasteiger partial charge in [-0.3, -0.25) is 4.98 Å². The maximum atomic E-state index is 12.3. The molecule has 0 atom stereocenters. The Hall–Kier alpha value is -0.820. The highest BCUT2D eigenvalue weighted by Crippen LogP contribution is 2.23. The molecule has 0 aromatic carbocycles. The van der Waals surface area contributed by atoms with E-state index in [0.717, 1.165) is 4.90 Å². The van der Waals surface area contributed by atoms with Crippen LogP contribution < -0.4 is 4.90 Å². The fourth-order valence-corrected chi connectivity index (χ4v) is 1.56. The quantitative estimate of drug-likeness (QED) is 0.926. The second-order valence-electron chi connectivity index (χ2n) is 3.12. The molecule has 0 fully saturated rings. The van der Waals surface area contributed by atoms with Gasteiger partial charge in [0.2, 0.25) is 0 Å². The molecule has 0 aliphatic carbocycles. The molecule has 0 aliphatic rings. The van der Waals surface area contributed by atoms with Gasteiger partial charge in [-0.1, -0.05) is 0 Å². The Bertz CT molecular complexity index is 346. The van der Waals surface area contributed by atoms with Crippen molar-refractivity contribution in [1.82, 2.24) is 4.98 Å². The van der Waals surface area contributed by atoms with Crippen LogP contribution in [0, 0.1) is 0 Å². The molecule has 1 N–H and O–H groups in total. The van der Waals surface area contributed by atoms with Crippen LogP contribution in [-0.2, 0) is 0 Å². The van der Waals surface area contributed by atoms with Crippen LogP contribution >= 0.6 is 15.9 Å². The average molecular weight is 299 g/mol. The number of aliphatic hydroxyl groups excluding tert-OH is 1. The highest BCUT2D eigenvalue weighted by Gasteiger charge is 2.30. The maximum absolute atomic E-state index is 12.3. The molecule has 0 saturated heterocycles. The summed E-state index contributed by atoms with van der Waals surface area (Å²) in [6.07, 6.45) is -1.50. The van der Waals surface area contributed by atoms with E-state index in [9.17, 15) is 13.2 Å². The number of rotatable bonds is 4. The Kier molecular flexibility index (Phi) is 4.55. The van der Waals surface area contributed by atoms with Crippen molar-refractivity contribution in [2.24, 2.45) is 0 Å². The predicted octanol–water partition coefficient (Wildman–Crippen LogP) is 2.21. The minimum atomic E-state index is -4.31. The van der Waals surface area contributed by atoms with Gasteiger partial charge in [-0.05, 0) is 22.0 Å². The molecule has 1 aromatic rings. The van der Waals surface area contributed by atoms with Gasteiger partial charge < -0.3 is 10.0 Å². The molecule has 0 saturated carbocycles. The van der Waals surface area contributed by atoms with E-state index in [4.69, 9.17) is 5.11 Å². The van der Waals surface area contributed by atoms with Gasteiger partial charge in [-0.15, -0.1) is 0 Å². The van der Waals surface area contributed by atoms with E-state index in [0.29, 0.717) is 10.2 Å². The number of aliphatic hydroxyl groups is 1. The summed E-state index contributed by atoms with van der Waals surface area (Å²) in [5.74, 6) is 0. The fourth-order valence-electron chi connectivity index (χ4n) is 1.21. The summed E-state index contributed by atoms with van der Waals surface area (Å²) < 4.78 is 37.4. The molecular weight excluding hydrogens is 289 g/mol. The van der Waals surface area contributed by atoms with E-state index < -0.39 is 12.7 Å². The van der Waals surface area contributed by atoms with Gasteiger partial charge in [-0.2, -0.15) is 13.2 Å². The summed E-state index contributed by atoms with van der Waals surface area (Å²) >= 11 is 3.13. The number of alkyl halides is 3. The second-order valence-corrected chi connectivity index (χ2v) is 4.04. The van der Waals surface area contributed by atoms with Crippen LogP contribution in [0.5, 0.6) is 0 Å². The first kappa shape index (κ1) is 13.2. The molecule has 7 heteroatoms.